The van der Waals surface area contributed by atoms with Gasteiger partial charge in [-0.3, -0.25) is 0 Å². The Labute approximate surface area is 76.8 Å². The molecule has 0 radical (unpaired) electrons. The minimum Gasteiger partial charge on any atom is -0.361 e. The number of hydrogen-bond acceptors (Lipinski definition) is 1. The van der Waals surface area contributed by atoms with Gasteiger partial charge in [0.25, 0.3) is 0 Å². The molecular formula is C11H10N2. The van der Waals surface area contributed by atoms with Crippen LogP contribution in [0, 0.1) is 11.3 Å². The van der Waals surface area contributed by atoms with Gasteiger partial charge in [-0.25, -0.2) is 0 Å². The molecular weight excluding hydrogens is 160 g/mol. The molecule has 1 aromatic carbocycles. The van der Waals surface area contributed by atoms with E-state index in [0.717, 1.165) is 23.1 Å². The topological polar surface area (TPSA) is 39.6 Å². The van der Waals surface area contributed by atoms with E-state index in [1.54, 1.807) is 0 Å². The van der Waals surface area contributed by atoms with Crippen molar-refractivity contribution in [2.45, 2.75) is 13.3 Å². The van der Waals surface area contributed by atoms with Crippen LogP contribution in [-0.4, -0.2) is 4.98 Å². The third-order valence-corrected chi connectivity index (χ3v) is 2.31. The second-order valence-corrected chi connectivity index (χ2v) is 3.00. The summed E-state index contributed by atoms with van der Waals surface area (Å²) in [5, 5.41) is 10.1. The normalized spacial score (nSPS) is 10.2. The summed E-state index contributed by atoms with van der Waals surface area (Å²) in [5.74, 6) is 0. The van der Waals surface area contributed by atoms with Crippen LogP contribution in [0.15, 0.2) is 24.4 Å². The molecule has 2 aromatic rings. The molecule has 1 aromatic heterocycles. The minimum absolute atomic E-state index is 0.775. The van der Waals surface area contributed by atoms with Gasteiger partial charge in [-0.2, -0.15) is 5.26 Å². The largest absolute Gasteiger partial charge is 0.361 e. The maximum atomic E-state index is 8.88. The molecule has 0 aliphatic carbocycles. The summed E-state index contributed by atoms with van der Waals surface area (Å²) >= 11 is 0. The van der Waals surface area contributed by atoms with Crippen LogP contribution < -0.4 is 0 Å². The maximum absolute atomic E-state index is 8.88. The monoisotopic (exact) mass is 170 g/mol. The molecule has 0 fully saturated rings. The highest BCUT2D eigenvalue weighted by atomic mass is 14.7. The fraction of sp³-hybridized carbons (Fsp3) is 0.182. The quantitative estimate of drug-likeness (QED) is 0.702. The van der Waals surface area contributed by atoms with Crippen molar-refractivity contribution in [3.05, 3.63) is 35.5 Å². The molecule has 0 aliphatic heterocycles. The first-order chi connectivity index (χ1) is 6.36. The molecule has 0 aliphatic rings. The predicted octanol–water partition coefficient (Wildman–Crippen LogP) is 2.60. The number of aryl methyl sites for hydroxylation is 1. The number of nitrogens with one attached hydrogen (secondary N) is 1. The van der Waals surface area contributed by atoms with Crippen molar-refractivity contribution in [2.24, 2.45) is 0 Å². The Morgan fingerprint density at radius 3 is 2.92 bits per heavy atom. The molecule has 0 saturated heterocycles. The van der Waals surface area contributed by atoms with Crippen molar-refractivity contribution in [1.82, 2.24) is 4.98 Å². The first kappa shape index (κ1) is 7.88. The van der Waals surface area contributed by atoms with Gasteiger partial charge in [-0.1, -0.05) is 13.0 Å². The van der Waals surface area contributed by atoms with E-state index in [-0.39, 0.29) is 0 Å². The van der Waals surface area contributed by atoms with Gasteiger partial charge >= 0.3 is 0 Å². The number of nitriles is 1. The maximum Gasteiger partial charge on any atom is 0.0995 e. The first-order valence-electron chi connectivity index (χ1n) is 4.36. The van der Waals surface area contributed by atoms with E-state index >= 15 is 0 Å². The van der Waals surface area contributed by atoms with Crippen molar-refractivity contribution in [2.75, 3.05) is 0 Å². The lowest BCUT2D eigenvalue weighted by molar-refractivity contribution is 1.14. The van der Waals surface area contributed by atoms with E-state index < -0.39 is 0 Å². The van der Waals surface area contributed by atoms with E-state index in [0.29, 0.717) is 0 Å². The second-order valence-electron chi connectivity index (χ2n) is 3.00. The Balaban J connectivity index is 2.84. The van der Waals surface area contributed by atoms with E-state index in [2.05, 4.69) is 18.0 Å². The fourth-order valence-corrected chi connectivity index (χ4v) is 1.66. The summed E-state index contributed by atoms with van der Waals surface area (Å²) in [7, 11) is 0. The zero-order chi connectivity index (χ0) is 9.26. The lowest BCUT2D eigenvalue weighted by Gasteiger charge is -2.01. The van der Waals surface area contributed by atoms with Crippen molar-refractivity contribution in [1.29, 1.82) is 5.26 Å². The zero-order valence-electron chi connectivity index (χ0n) is 7.46. The van der Waals surface area contributed by atoms with Crippen LogP contribution in [0.2, 0.25) is 0 Å². The predicted molar refractivity (Wildman–Crippen MR) is 52.4 cm³/mol. The Bertz CT molecular complexity index is 474. The molecule has 2 heteroatoms. The molecule has 1 N–H and O–H groups in total. The average molecular weight is 170 g/mol. The SMILES string of the molecule is CCc1c(C#N)ccc2cc[nH]c12. The number of hydrogen-bond donors (Lipinski definition) is 1. The van der Waals surface area contributed by atoms with Gasteiger partial charge in [0.2, 0.25) is 0 Å². The van der Waals surface area contributed by atoms with Gasteiger partial charge < -0.3 is 4.98 Å². The lowest BCUT2D eigenvalue weighted by Crippen LogP contribution is -1.88. The van der Waals surface area contributed by atoms with Crippen LogP contribution in [0.1, 0.15) is 18.1 Å². The molecule has 2 rings (SSSR count). The van der Waals surface area contributed by atoms with Crippen LogP contribution >= 0.6 is 0 Å². The van der Waals surface area contributed by atoms with Crippen molar-refractivity contribution < 1.29 is 0 Å². The molecule has 0 saturated carbocycles. The Morgan fingerprint density at radius 1 is 1.38 bits per heavy atom. The summed E-state index contributed by atoms with van der Waals surface area (Å²) in [6.07, 6.45) is 2.80. The third kappa shape index (κ3) is 1.09. The standard InChI is InChI=1S/C11H10N2/c1-2-10-9(7-12)4-3-8-5-6-13-11(8)10/h3-6,13H,2H2,1H3. The van der Waals surface area contributed by atoms with Gasteiger partial charge in [-0.15, -0.1) is 0 Å². The number of fused-ring (bicyclic) bond motifs is 1. The Morgan fingerprint density at radius 2 is 2.23 bits per heavy atom. The lowest BCUT2D eigenvalue weighted by atomic mass is 10.0. The number of nitrogens with zero attached hydrogens (tertiary/aromatic N) is 1. The number of rotatable bonds is 1. The summed E-state index contributed by atoms with van der Waals surface area (Å²) < 4.78 is 0. The number of H-pyrrole nitrogens is 1. The van der Waals surface area contributed by atoms with Crippen LogP contribution in [0.5, 0.6) is 0 Å². The minimum atomic E-state index is 0.775. The smallest absolute Gasteiger partial charge is 0.0995 e. The van der Waals surface area contributed by atoms with Crippen LogP contribution in [0.4, 0.5) is 0 Å². The molecule has 0 amide bonds. The molecule has 13 heavy (non-hydrogen) atoms. The van der Waals surface area contributed by atoms with Crippen LogP contribution in [-0.2, 0) is 6.42 Å². The highest BCUT2D eigenvalue weighted by Crippen LogP contribution is 2.20. The van der Waals surface area contributed by atoms with Gasteiger partial charge in [0.05, 0.1) is 11.6 Å². The summed E-state index contributed by atoms with van der Waals surface area (Å²) in [4.78, 5) is 3.16. The highest BCUT2D eigenvalue weighted by molar-refractivity contribution is 5.84. The van der Waals surface area contributed by atoms with Crippen LogP contribution in [0.3, 0.4) is 0 Å². The second kappa shape index (κ2) is 2.95. The van der Waals surface area contributed by atoms with E-state index in [4.69, 9.17) is 5.26 Å². The first-order valence-corrected chi connectivity index (χ1v) is 4.36. The highest BCUT2D eigenvalue weighted by Gasteiger charge is 2.05. The Kier molecular flexibility index (Phi) is 1.79. The van der Waals surface area contributed by atoms with E-state index in [9.17, 15) is 0 Å². The molecule has 0 atom stereocenters. The molecule has 1 heterocycles. The summed E-state index contributed by atoms with van der Waals surface area (Å²) in [5.41, 5.74) is 2.99. The average Bonchev–Trinajstić information content (AvgIpc) is 2.63. The molecule has 0 bridgehead atoms. The molecule has 2 nitrogen and oxygen atoms in total. The van der Waals surface area contributed by atoms with Crippen LogP contribution in [0.25, 0.3) is 10.9 Å². The number of benzene rings is 1. The third-order valence-electron chi connectivity index (χ3n) is 2.31. The number of aromatic nitrogens is 1. The van der Waals surface area contributed by atoms with Gasteiger partial charge in [-0.05, 0) is 29.5 Å². The van der Waals surface area contributed by atoms with Gasteiger partial charge in [0, 0.05) is 11.7 Å². The fourth-order valence-electron chi connectivity index (χ4n) is 1.66. The van der Waals surface area contributed by atoms with E-state index in [1.807, 2.05) is 24.4 Å². The molecule has 0 spiro atoms. The summed E-state index contributed by atoms with van der Waals surface area (Å²) in [6, 6.07) is 8.09. The van der Waals surface area contributed by atoms with Crippen molar-refractivity contribution >= 4 is 10.9 Å². The zero-order valence-corrected chi connectivity index (χ0v) is 7.46. The van der Waals surface area contributed by atoms with Crippen molar-refractivity contribution in [3.8, 4) is 6.07 Å². The van der Waals surface area contributed by atoms with E-state index in [1.165, 1.54) is 5.39 Å². The summed E-state index contributed by atoms with van der Waals surface area (Å²) in [6.45, 7) is 2.07. The Hall–Kier alpha value is -1.75. The van der Waals surface area contributed by atoms with Gasteiger partial charge in [0.15, 0.2) is 0 Å². The number of aromatic amines is 1. The van der Waals surface area contributed by atoms with Crippen molar-refractivity contribution in [3.63, 3.8) is 0 Å². The molecule has 64 valence electrons. The molecule has 0 unspecified atom stereocenters. The van der Waals surface area contributed by atoms with Gasteiger partial charge in [0.1, 0.15) is 0 Å².